The molecule has 2 heterocycles. The van der Waals surface area contributed by atoms with Gasteiger partial charge in [0.05, 0.1) is 22.5 Å². The molecule has 0 spiro atoms. The molecule has 2 aromatic carbocycles. The fourth-order valence-electron chi connectivity index (χ4n) is 3.13. The molecule has 0 saturated heterocycles. The summed E-state index contributed by atoms with van der Waals surface area (Å²) in [5, 5.41) is 14.5. The molecule has 0 bridgehead atoms. The number of carbonyl (C=O) groups is 3. The predicted octanol–water partition coefficient (Wildman–Crippen LogP) is 3.55. The fourth-order valence-corrected chi connectivity index (χ4v) is 3.13. The number of hydrogen-bond acceptors (Lipinski definition) is 5. The number of benzene rings is 2. The first-order chi connectivity index (χ1) is 14.8. The largest absolute Gasteiger partial charge is 0.478 e. The predicted molar refractivity (Wildman–Crippen MR) is 115 cm³/mol. The van der Waals surface area contributed by atoms with Gasteiger partial charge in [-0.3, -0.25) is 9.59 Å². The van der Waals surface area contributed by atoms with Crippen LogP contribution in [0.1, 0.15) is 33.4 Å². The number of aromatic carboxylic acids is 1. The number of nitrogens with zero attached hydrogens (tertiary/aromatic N) is 2. The molecular weight excluding hydrogens is 398 g/mol. The van der Waals surface area contributed by atoms with Crippen LogP contribution in [0.5, 0.6) is 0 Å². The van der Waals surface area contributed by atoms with Crippen molar-refractivity contribution in [3.63, 3.8) is 0 Å². The van der Waals surface area contributed by atoms with Gasteiger partial charge in [-0.2, -0.15) is 10.1 Å². The van der Waals surface area contributed by atoms with Crippen LogP contribution in [0.2, 0.25) is 0 Å². The SMILES string of the molecule is CC1=NN(c2ccc(C(=O)O)cc2)C(=O)/C1=C/c1ccc(-c2ccc(C(N)=O)cc2)o1. The van der Waals surface area contributed by atoms with Gasteiger partial charge < -0.3 is 15.3 Å². The summed E-state index contributed by atoms with van der Waals surface area (Å²) in [5.74, 6) is -0.853. The van der Waals surface area contributed by atoms with Crippen LogP contribution in [0, 0.1) is 0 Å². The van der Waals surface area contributed by atoms with Crippen LogP contribution < -0.4 is 10.7 Å². The molecular formula is C23H17N3O5. The van der Waals surface area contributed by atoms with E-state index in [4.69, 9.17) is 15.3 Å². The minimum atomic E-state index is -1.04. The van der Waals surface area contributed by atoms with Crippen molar-refractivity contribution in [3.05, 3.63) is 83.1 Å². The lowest BCUT2D eigenvalue weighted by atomic mass is 10.1. The summed E-state index contributed by atoms with van der Waals surface area (Å²) in [6, 6.07) is 16.1. The maximum Gasteiger partial charge on any atom is 0.335 e. The Morgan fingerprint density at radius 1 is 1.00 bits per heavy atom. The number of hydrazone groups is 1. The van der Waals surface area contributed by atoms with Crippen LogP contribution in [0.4, 0.5) is 5.69 Å². The summed E-state index contributed by atoms with van der Waals surface area (Å²) in [6.07, 6.45) is 1.61. The second-order valence-corrected chi connectivity index (χ2v) is 6.86. The van der Waals surface area contributed by atoms with Gasteiger partial charge in [0.2, 0.25) is 5.91 Å². The highest BCUT2D eigenvalue weighted by Crippen LogP contribution is 2.28. The van der Waals surface area contributed by atoms with Crippen molar-refractivity contribution < 1.29 is 23.9 Å². The van der Waals surface area contributed by atoms with Crippen LogP contribution in [-0.2, 0) is 4.79 Å². The second kappa shape index (κ2) is 7.75. The number of carbonyl (C=O) groups excluding carboxylic acids is 2. The number of furan rings is 1. The number of hydrogen-bond donors (Lipinski definition) is 2. The van der Waals surface area contributed by atoms with Crippen molar-refractivity contribution in [2.45, 2.75) is 6.92 Å². The number of amides is 2. The molecule has 0 fully saturated rings. The summed E-state index contributed by atoms with van der Waals surface area (Å²) in [4.78, 5) is 35.1. The smallest absolute Gasteiger partial charge is 0.335 e. The van der Waals surface area contributed by atoms with Gasteiger partial charge >= 0.3 is 5.97 Å². The highest BCUT2D eigenvalue weighted by atomic mass is 16.4. The topological polar surface area (TPSA) is 126 Å². The molecule has 0 atom stereocenters. The zero-order chi connectivity index (χ0) is 22.1. The number of nitrogens with two attached hydrogens (primary N) is 1. The molecule has 8 heteroatoms. The Morgan fingerprint density at radius 3 is 2.26 bits per heavy atom. The summed E-state index contributed by atoms with van der Waals surface area (Å²) in [7, 11) is 0. The highest BCUT2D eigenvalue weighted by Gasteiger charge is 2.29. The van der Waals surface area contributed by atoms with Crippen LogP contribution in [-0.4, -0.2) is 28.6 Å². The summed E-state index contributed by atoms with van der Waals surface area (Å²) < 4.78 is 5.83. The van der Waals surface area contributed by atoms with E-state index in [-0.39, 0.29) is 11.5 Å². The molecule has 31 heavy (non-hydrogen) atoms. The molecule has 1 aliphatic rings. The zero-order valence-electron chi connectivity index (χ0n) is 16.4. The monoisotopic (exact) mass is 415 g/mol. The minimum absolute atomic E-state index is 0.124. The van der Waals surface area contributed by atoms with Crippen molar-refractivity contribution in [1.29, 1.82) is 0 Å². The van der Waals surface area contributed by atoms with Crippen molar-refractivity contribution in [3.8, 4) is 11.3 Å². The van der Waals surface area contributed by atoms with Crippen LogP contribution >= 0.6 is 0 Å². The fraction of sp³-hybridized carbons (Fsp3) is 0.0435. The lowest BCUT2D eigenvalue weighted by molar-refractivity contribution is -0.114. The third kappa shape index (κ3) is 3.86. The molecule has 0 aliphatic carbocycles. The number of carboxylic acid groups (broad SMARTS) is 1. The Balaban J connectivity index is 1.57. The molecule has 0 saturated carbocycles. The van der Waals surface area contributed by atoms with Crippen molar-refractivity contribution in [2.24, 2.45) is 10.8 Å². The first-order valence-corrected chi connectivity index (χ1v) is 9.28. The Bertz CT molecular complexity index is 1250. The van der Waals surface area contributed by atoms with E-state index >= 15 is 0 Å². The highest BCUT2D eigenvalue weighted by molar-refractivity contribution is 6.32. The third-order valence-electron chi connectivity index (χ3n) is 4.79. The molecule has 1 aromatic heterocycles. The van der Waals surface area contributed by atoms with E-state index in [0.29, 0.717) is 34.1 Å². The van der Waals surface area contributed by atoms with Gasteiger partial charge in [0.25, 0.3) is 5.91 Å². The average molecular weight is 415 g/mol. The first-order valence-electron chi connectivity index (χ1n) is 9.28. The van der Waals surface area contributed by atoms with E-state index in [2.05, 4.69) is 5.10 Å². The van der Waals surface area contributed by atoms with Crippen molar-refractivity contribution >= 4 is 35.3 Å². The standard InChI is InChI=1S/C23H17N3O5/c1-13-19(22(28)26(25-13)17-8-6-16(7-9-17)23(29)30)12-18-10-11-20(31-18)14-2-4-15(5-3-14)21(24)27/h2-12H,1H3,(H2,24,27)(H,29,30)/b19-12+. The molecule has 154 valence electrons. The summed E-state index contributed by atoms with van der Waals surface area (Å²) in [6.45, 7) is 1.71. The van der Waals surface area contributed by atoms with Crippen LogP contribution in [0.3, 0.4) is 0 Å². The Morgan fingerprint density at radius 2 is 1.65 bits per heavy atom. The first kappa shape index (κ1) is 19.8. The van der Waals surface area contributed by atoms with Crippen molar-refractivity contribution in [2.75, 3.05) is 5.01 Å². The molecule has 8 nitrogen and oxygen atoms in total. The normalized spacial score (nSPS) is 14.7. The lowest BCUT2D eigenvalue weighted by Crippen LogP contribution is -2.21. The summed E-state index contributed by atoms with van der Waals surface area (Å²) in [5.41, 5.74) is 7.88. The maximum atomic E-state index is 12.9. The molecule has 0 unspecified atom stereocenters. The molecule has 4 rings (SSSR count). The van der Waals surface area contributed by atoms with Crippen molar-refractivity contribution in [1.82, 2.24) is 0 Å². The number of primary amides is 1. The van der Waals surface area contributed by atoms with E-state index in [1.54, 1.807) is 49.4 Å². The zero-order valence-corrected chi connectivity index (χ0v) is 16.4. The van der Waals surface area contributed by atoms with Gasteiger partial charge in [0.1, 0.15) is 11.5 Å². The van der Waals surface area contributed by atoms with Gasteiger partial charge in [-0.25, -0.2) is 4.79 Å². The van der Waals surface area contributed by atoms with Gasteiger partial charge in [0, 0.05) is 11.1 Å². The summed E-state index contributed by atoms with van der Waals surface area (Å²) >= 11 is 0. The number of carboxylic acids is 1. The van der Waals surface area contributed by atoms with Crippen LogP contribution in [0.15, 0.2) is 75.8 Å². The van der Waals surface area contributed by atoms with Gasteiger partial charge in [-0.05, 0) is 61.5 Å². The lowest BCUT2D eigenvalue weighted by Gasteiger charge is -2.11. The Hall–Kier alpha value is -4.46. The van der Waals surface area contributed by atoms with E-state index in [1.165, 1.54) is 29.3 Å². The quantitative estimate of drug-likeness (QED) is 0.616. The van der Waals surface area contributed by atoms with Gasteiger partial charge in [-0.1, -0.05) is 12.1 Å². The molecule has 1 aliphatic heterocycles. The molecule has 3 N–H and O–H groups in total. The van der Waals surface area contributed by atoms with E-state index in [9.17, 15) is 14.4 Å². The Kier molecular flexibility index (Phi) is 4.96. The second-order valence-electron chi connectivity index (χ2n) is 6.86. The molecule has 0 radical (unpaired) electrons. The van der Waals surface area contributed by atoms with E-state index in [1.807, 2.05) is 0 Å². The van der Waals surface area contributed by atoms with E-state index < -0.39 is 11.9 Å². The molecule has 2 amide bonds. The number of anilines is 1. The minimum Gasteiger partial charge on any atom is -0.478 e. The number of rotatable bonds is 5. The van der Waals surface area contributed by atoms with Gasteiger partial charge in [0.15, 0.2) is 0 Å². The van der Waals surface area contributed by atoms with Gasteiger partial charge in [-0.15, -0.1) is 0 Å². The third-order valence-corrected chi connectivity index (χ3v) is 4.79. The van der Waals surface area contributed by atoms with E-state index in [0.717, 1.165) is 5.56 Å². The Labute approximate surface area is 176 Å². The van der Waals surface area contributed by atoms with Crippen LogP contribution in [0.25, 0.3) is 17.4 Å². The molecule has 3 aromatic rings. The maximum absolute atomic E-state index is 12.9. The average Bonchev–Trinajstić information content (AvgIpc) is 3.34.